The lowest BCUT2D eigenvalue weighted by Gasteiger charge is -2.32. The number of halogens is 1. The summed E-state index contributed by atoms with van der Waals surface area (Å²) in [4.78, 5) is 34.5. The van der Waals surface area contributed by atoms with Crippen molar-refractivity contribution < 1.29 is 23.5 Å². The molecule has 34 heavy (non-hydrogen) atoms. The summed E-state index contributed by atoms with van der Waals surface area (Å²) in [5, 5.41) is 3.92. The molecule has 0 aliphatic carbocycles. The summed E-state index contributed by atoms with van der Waals surface area (Å²) in [6.07, 6.45) is 2.85. The van der Waals surface area contributed by atoms with Crippen LogP contribution in [-0.4, -0.2) is 59.1 Å². The molecule has 1 aliphatic rings. The SMILES string of the molecule is CC(=O)OCCN1CCC(Oc2cc(F)ccc2Nc2ncnc3sc(C(N)=O)c(C)c23)CC1. The number of hydrogen-bond donors (Lipinski definition) is 2. The Labute approximate surface area is 200 Å². The van der Waals surface area contributed by atoms with E-state index in [1.165, 1.54) is 36.7 Å². The molecular formula is C23H26FN5O4S. The van der Waals surface area contributed by atoms with Crippen LogP contribution in [0.4, 0.5) is 15.9 Å². The predicted octanol–water partition coefficient (Wildman–Crippen LogP) is 3.39. The fraction of sp³-hybridized carbons (Fsp3) is 0.391. The van der Waals surface area contributed by atoms with Crippen LogP contribution in [0.1, 0.15) is 35.0 Å². The molecule has 0 unspecified atom stereocenters. The number of nitrogens with zero attached hydrogens (tertiary/aromatic N) is 3. The van der Waals surface area contributed by atoms with Gasteiger partial charge in [-0.3, -0.25) is 14.5 Å². The molecule has 9 nitrogen and oxygen atoms in total. The number of aromatic nitrogens is 2. The first kappa shape index (κ1) is 23.8. The van der Waals surface area contributed by atoms with Gasteiger partial charge in [-0.15, -0.1) is 11.3 Å². The average Bonchev–Trinajstić information content (AvgIpc) is 3.14. The van der Waals surface area contributed by atoms with Crippen LogP contribution in [0.2, 0.25) is 0 Å². The van der Waals surface area contributed by atoms with E-state index >= 15 is 0 Å². The van der Waals surface area contributed by atoms with Gasteiger partial charge in [-0.2, -0.15) is 0 Å². The zero-order chi connectivity index (χ0) is 24.2. The highest BCUT2D eigenvalue weighted by Gasteiger charge is 2.23. The van der Waals surface area contributed by atoms with Crippen molar-refractivity contribution in [2.75, 3.05) is 31.6 Å². The normalized spacial score (nSPS) is 14.8. The van der Waals surface area contributed by atoms with Crippen LogP contribution in [0.15, 0.2) is 24.5 Å². The smallest absolute Gasteiger partial charge is 0.302 e. The highest BCUT2D eigenvalue weighted by molar-refractivity contribution is 7.20. The molecule has 3 aromatic rings. The maximum atomic E-state index is 14.1. The summed E-state index contributed by atoms with van der Waals surface area (Å²) in [5.74, 6) is -0.337. The van der Waals surface area contributed by atoms with Gasteiger partial charge in [-0.25, -0.2) is 14.4 Å². The van der Waals surface area contributed by atoms with E-state index in [0.29, 0.717) is 51.1 Å². The van der Waals surface area contributed by atoms with Gasteiger partial charge in [0.05, 0.1) is 16.0 Å². The molecule has 0 atom stereocenters. The lowest BCUT2D eigenvalue weighted by molar-refractivity contribution is -0.141. The Balaban J connectivity index is 1.49. The zero-order valence-electron chi connectivity index (χ0n) is 19.0. The second kappa shape index (κ2) is 10.3. The monoisotopic (exact) mass is 487 g/mol. The van der Waals surface area contributed by atoms with Crippen molar-refractivity contribution in [2.45, 2.75) is 32.8 Å². The molecule has 1 amide bonds. The fourth-order valence-corrected chi connectivity index (χ4v) is 4.98. The van der Waals surface area contributed by atoms with E-state index in [1.807, 2.05) is 0 Å². The molecule has 0 saturated carbocycles. The Bertz CT molecular complexity index is 1210. The number of esters is 1. The van der Waals surface area contributed by atoms with Crippen LogP contribution < -0.4 is 15.8 Å². The van der Waals surface area contributed by atoms with Gasteiger partial charge in [-0.05, 0) is 37.5 Å². The van der Waals surface area contributed by atoms with E-state index in [4.69, 9.17) is 15.2 Å². The standard InChI is InChI=1S/C23H26FN5O4S/c1-13-19-22(26-12-27-23(19)34-20(13)21(25)31)28-17-4-3-15(24)11-18(17)33-16-5-7-29(8-6-16)9-10-32-14(2)30/h3-4,11-12,16H,5-10H2,1-2H3,(H2,25,31)(H,26,27,28). The third-order valence-electron chi connectivity index (χ3n) is 5.69. The summed E-state index contributed by atoms with van der Waals surface area (Å²) in [6.45, 7) is 5.82. The van der Waals surface area contributed by atoms with Crippen molar-refractivity contribution in [2.24, 2.45) is 5.73 Å². The number of thiophene rings is 1. The molecule has 1 aliphatic heterocycles. The summed E-state index contributed by atoms with van der Waals surface area (Å²) in [5.41, 5.74) is 6.75. The Morgan fingerprint density at radius 2 is 2.06 bits per heavy atom. The van der Waals surface area contributed by atoms with E-state index in [-0.39, 0.29) is 12.1 Å². The first-order chi connectivity index (χ1) is 16.3. The number of piperidine rings is 1. The maximum absolute atomic E-state index is 14.1. The number of nitrogens with two attached hydrogens (primary N) is 1. The molecule has 0 bridgehead atoms. The second-order valence-electron chi connectivity index (χ2n) is 8.09. The largest absolute Gasteiger partial charge is 0.488 e. The number of ether oxygens (including phenoxy) is 2. The summed E-state index contributed by atoms with van der Waals surface area (Å²) in [7, 11) is 0. The highest BCUT2D eigenvalue weighted by Crippen LogP contribution is 2.36. The quantitative estimate of drug-likeness (QED) is 0.464. The number of benzene rings is 1. The maximum Gasteiger partial charge on any atom is 0.302 e. The van der Waals surface area contributed by atoms with Gasteiger partial charge in [0.1, 0.15) is 41.3 Å². The minimum absolute atomic E-state index is 0.0814. The molecule has 4 rings (SSSR count). The fourth-order valence-electron chi connectivity index (χ4n) is 3.97. The molecule has 1 fully saturated rings. The van der Waals surface area contributed by atoms with Gasteiger partial charge in [0.2, 0.25) is 0 Å². The minimum Gasteiger partial charge on any atom is -0.488 e. The predicted molar refractivity (Wildman–Crippen MR) is 127 cm³/mol. The van der Waals surface area contributed by atoms with Crippen molar-refractivity contribution in [1.82, 2.24) is 14.9 Å². The Morgan fingerprint density at radius 1 is 1.29 bits per heavy atom. The van der Waals surface area contributed by atoms with Crippen molar-refractivity contribution in [3.8, 4) is 5.75 Å². The van der Waals surface area contributed by atoms with E-state index in [1.54, 1.807) is 13.0 Å². The molecule has 0 radical (unpaired) electrons. The van der Waals surface area contributed by atoms with E-state index in [2.05, 4.69) is 20.2 Å². The van der Waals surface area contributed by atoms with E-state index < -0.39 is 11.7 Å². The lowest BCUT2D eigenvalue weighted by Crippen LogP contribution is -2.40. The number of carbonyl (C=O) groups excluding carboxylic acids is 2. The van der Waals surface area contributed by atoms with Gasteiger partial charge in [0, 0.05) is 32.6 Å². The molecule has 0 spiro atoms. The average molecular weight is 488 g/mol. The molecule has 1 aromatic carbocycles. The molecule has 3 N–H and O–H groups in total. The van der Waals surface area contributed by atoms with Crippen LogP contribution in [0.5, 0.6) is 5.75 Å². The van der Waals surface area contributed by atoms with Crippen molar-refractivity contribution in [1.29, 1.82) is 0 Å². The minimum atomic E-state index is -0.517. The number of primary amides is 1. The molecule has 180 valence electrons. The molecule has 2 aromatic heterocycles. The molecule has 1 saturated heterocycles. The first-order valence-corrected chi connectivity index (χ1v) is 11.8. The van der Waals surface area contributed by atoms with Gasteiger partial charge in [-0.1, -0.05) is 0 Å². The van der Waals surface area contributed by atoms with Crippen molar-refractivity contribution >= 4 is 44.9 Å². The molecule has 11 heteroatoms. The lowest BCUT2D eigenvalue weighted by atomic mass is 10.1. The van der Waals surface area contributed by atoms with E-state index in [9.17, 15) is 14.0 Å². The number of carbonyl (C=O) groups is 2. The molecular weight excluding hydrogens is 461 g/mol. The van der Waals surface area contributed by atoms with Crippen LogP contribution in [0, 0.1) is 12.7 Å². The number of fused-ring (bicyclic) bond motifs is 1. The van der Waals surface area contributed by atoms with Gasteiger partial charge < -0.3 is 20.5 Å². The van der Waals surface area contributed by atoms with Gasteiger partial charge in [0.25, 0.3) is 5.91 Å². The number of aryl methyl sites for hydroxylation is 1. The van der Waals surface area contributed by atoms with Crippen LogP contribution in [-0.2, 0) is 9.53 Å². The van der Waals surface area contributed by atoms with Crippen molar-refractivity contribution in [3.05, 3.63) is 40.8 Å². The topological polar surface area (TPSA) is 120 Å². The number of likely N-dealkylation sites (tertiary alicyclic amines) is 1. The second-order valence-corrected chi connectivity index (χ2v) is 9.09. The number of hydrogen-bond acceptors (Lipinski definition) is 9. The van der Waals surface area contributed by atoms with Crippen LogP contribution >= 0.6 is 11.3 Å². The highest BCUT2D eigenvalue weighted by atomic mass is 32.1. The summed E-state index contributed by atoms with van der Waals surface area (Å²) >= 11 is 1.21. The van der Waals surface area contributed by atoms with Crippen molar-refractivity contribution in [3.63, 3.8) is 0 Å². The zero-order valence-corrected chi connectivity index (χ0v) is 19.8. The van der Waals surface area contributed by atoms with Crippen LogP contribution in [0.3, 0.4) is 0 Å². The van der Waals surface area contributed by atoms with Gasteiger partial charge in [0.15, 0.2) is 0 Å². The third-order valence-corrected chi connectivity index (χ3v) is 6.90. The van der Waals surface area contributed by atoms with Crippen LogP contribution in [0.25, 0.3) is 10.2 Å². The third kappa shape index (κ3) is 5.42. The summed E-state index contributed by atoms with van der Waals surface area (Å²) < 4.78 is 25.3. The van der Waals surface area contributed by atoms with Gasteiger partial charge >= 0.3 is 5.97 Å². The number of anilines is 2. The Morgan fingerprint density at radius 3 is 2.76 bits per heavy atom. The number of amides is 1. The van der Waals surface area contributed by atoms with E-state index in [0.717, 1.165) is 25.9 Å². The first-order valence-electron chi connectivity index (χ1n) is 10.9. The Kier molecular flexibility index (Phi) is 7.23. The Hall–Kier alpha value is -3.31. The number of rotatable bonds is 8. The molecule has 3 heterocycles. The number of nitrogens with one attached hydrogen (secondary N) is 1. The summed E-state index contributed by atoms with van der Waals surface area (Å²) in [6, 6.07) is 4.30.